The van der Waals surface area contributed by atoms with Gasteiger partial charge in [-0.2, -0.15) is 0 Å². The van der Waals surface area contributed by atoms with Gasteiger partial charge in [0.15, 0.2) is 5.78 Å². The summed E-state index contributed by atoms with van der Waals surface area (Å²) in [5.74, 6) is 0.540. The summed E-state index contributed by atoms with van der Waals surface area (Å²) in [6, 6.07) is -0.439. The first-order valence-electron chi connectivity index (χ1n) is 13.6. The minimum absolute atomic E-state index is 0.0600. The minimum Gasteiger partial charge on any atom is -0.506 e. The first kappa shape index (κ1) is 29.7. The fourth-order valence-electron chi connectivity index (χ4n) is 4.81. The van der Waals surface area contributed by atoms with Crippen LogP contribution < -0.4 is 15.2 Å². The summed E-state index contributed by atoms with van der Waals surface area (Å²) >= 11 is 0. The second-order valence-electron chi connectivity index (χ2n) is 12.1. The zero-order valence-electron chi connectivity index (χ0n) is 24.3. The highest BCUT2D eigenvalue weighted by Crippen LogP contribution is 2.50. The molecule has 208 valence electrons. The highest BCUT2D eigenvalue weighted by Gasteiger charge is 2.38. The Kier molecular flexibility index (Phi) is 9.00. The van der Waals surface area contributed by atoms with Gasteiger partial charge in [-0.1, -0.05) is 36.3 Å². The normalized spacial score (nSPS) is 21.1. The average molecular weight is 524 g/mol. The molecule has 0 spiro atoms. The van der Waals surface area contributed by atoms with Crippen molar-refractivity contribution >= 4 is 11.9 Å². The van der Waals surface area contributed by atoms with Crippen molar-refractivity contribution in [3.63, 3.8) is 0 Å². The zero-order valence-corrected chi connectivity index (χ0v) is 24.3. The molecular formula is C32H45NO5. The van der Waals surface area contributed by atoms with Crippen LogP contribution in [-0.4, -0.2) is 39.8 Å². The molecule has 0 bridgehead atoms. The lowest BCUT2D eigenvalue weighted by Gasteiger charge is -2.35. The molecule has 2 aliphatic heterocycles. The molecular weight excluding hydrogens is 478 g/mol. The molecule has 6 nitrogen and oxygen atoms in total. The molecule has 3 atom stereocenters. The third kappa shape index (κ3) is 6.78. The molecule has 0 saturated carbocycles. The molecule has 2 aliphatic rings. The third-order valence-electron chi connectivity index (χ3n) is 7.27. The maximum atomic E-state index is 13.7. The van der Waals surface area contributed by atoms with Gasteiger partial charge in [-0.3, -0.25) is 4.79 Å². The molecule has 0 radical (unpaired) electrons. The van der Waals surface area contributed by atoms with Crippen molar-refractivity contribution in [1.82, 2.24) is 0 Å². The van der Waals surface area contributed by atoms with E-state index >= 15 is 0 Å². The third-order valence-corrected chi connectivity index (χ3v) is 7.27. The number of Topliss-reactive ketones (excluding diaryl/α,β-unsaturated/α-hetero) is 1. The van der Waals surface area contributed by atoms with E-state index in [-0.39, 0.29) is 29.6 Å². The van der Waals surface area contributed by atoms with Crippen molar-refractivity contribution in [1.29, 1.82) is 0 Å². The number of fused-ring (bicyclic) bond motifs is 2. The van der Waals surface area contributed by atoms with Gasteiger partial charge in [0.05, 0.1) is 11.2 Å². The number of phenols is 1. The lowest BCUT2D eigenvalue weighted by Crippen LogP contribution is -2.43. The van der Waals surface area contributed by atoms with E-state index in [9.17, 15) is 15.0 Å². The van der Waals surface area contributed by atoms with Crippen LogP contribution in [0.4, 0.5) is 0 Å². The summed E-state index contributed by atoms with van der Waals surface area (Å²) < 4.78 is 12.8. The lowest BCUT2D eigenvalue weighted by molar-refractivity contribution is 0.0459. The first-order valence-corrected chi connectivity index (χ1v) is 13.6. The maximum absolute atomic E-state index is 13.7. The molecule has 1 aromatic rings. The van der Waals surface area contributed by atoms with Gasteiger partial charge in [0.1, 0.15) is 35.0 Å². The van der Waals surface area contributed by atoms with Crippen molar-refractivity contribution in [2.24, 2.45) is 11.7 Å². The highest BCUT2D eigenvalue weighted by atomic mass is 16.5. The Morgan fingerprint density at radius 3 is 2.45 bits per heavy atom. The van der Waals surface area contributed by atoms with E-state index < -0.39 is 17.2 Å². The fourth-order valence-corrected chi connectivity index (χ4v) is 4.81. The van der Waals surface area contributed by atoms with Gasteiger partial charge in [0.25, 0.3) is 0 Å². The molecule has 4 N–H and O–H groups in total. The number of ketones is 1. The number of rotatable bonds is 9. The number of nitrogens with two attached hydrogens (primary N) is 1. The fraction of sp³-hybridized carbons (Fsp3) is 0.531. The predicted octanol–water partition coefficient (Wildman–Crippen LogP) is 6.44. The molecule has 0 aliphatic carbocycles. The van der Waals surface area contributed by atoms with Gasteiger partial charge < -0.3 is 25.4 Å². The monoisotopic (exact) mass is 523 g/mol. The van der Waals surface area contributed by atoms with Crippen LogP contribution in [0.5, 0.6) is 17.2 Å². The Hall–Kier alpha value is -2.83. The Balaban J connectivity index is 2.04. The van der Waals surface area contributed by atoms with Crippen LogP contribution >= 0.6 is 0 Å². The first-order chi connectivity index (χ1) is 17.6. The van der Waals surface area contributed by atoms with Gasteiger partial charge in [-0.05, 0) is 92.2 Å². The van der Waals surface area contributed by atoms with Crippen LogP contribution in [0.2, 0.25) is 0 Å². The molecule has 1 unspecified atom stereocenters. The standard InChI is InChI=1S/C32H45NO5/c1-19(2)10-9-14-32(8)15-13-23-28(35)26-27(34)22(16-21(5)17-25(33)31(6,7)36)18-37-30(26)24(29(23)38-32)12-11-20(3)4/h10-11,13,15-16,21,25,35-36H,9,12,14,17-18,33H2,1-8H3/b22-16+/t21-,25?,32+/m0/s1. The van der Waals surface area contributed by atoms with Crippen LogP contribution in [0.15, 0.2) is 41.0 Å². The molecule has 38 heavy (non-hydrogen) atoms. The summed E-state index contributed by atoms with van der Waals surface area (Å²) in [5.41, 5.74) is 8.92. The minimum atomic E-state index is -1.02. The van der Waals surface area contributed by atoms with E-state index in [1.165, 1.54) is 5.57 Å². The molecule has 6 heteroatoms. The number of ether oxygens (including phenoxy) is 2. The quantitative estimate of drug-likeness (QED) is 0.254. The molecule has 1 aromatic carbocycles. The van der Waals surface area contributed by atoms with Crippen molar-refractivity contribution < 1.29 is 24.5 Å². The van der Waals surface area contributed by atoms with Crippen molar-refractivity contribution in [3.8, 4) is 17.2 Å². The van der Waals surface area contributed by atoms with Crippen LogP contribution in [0.25, 0.3) is 6.08 Å². The van der Waals surface area contributed by atoms with Gasteiger partial charge >= 0.3 is 0 Å². The SMILES string of the molecule is CC(C)=CCC[C@]1(C)C=Cc2c(O)c3c(c(CC=C(C)C)c2O1)OC/C(=C\[C@H](C)CC(N)C(C)(C)O)C3=O. The number of hydrogen-bond donors (Lipinski definition) is 3. The van der Waals surface area contributed by atoms with E-state index in [4.69, 9.17) is 15.2 Å². The van der Waals surface area contributed by atoms with Crippen molar-refractivity contribution in [3.05, 3.63) is 57.7 Å². The second kappa shape index (κ2) is 11.5. The summed E-state index contributed by atoms with van der Waals surface area (Å²) in [6.45, 7) is 15.7. The largest absolute Gasteiger partial charge is 0.506 e. The number of benzene rings is 1. The summed E-state index contributed by atoms with van der Waals surface area (Å²) in [6.07, 6.45) is 12.6. The van der Waals surface area contributed by atoms with Crippen molar-refractivity contribution in [2.45, 2.75) is 98.3 Å². The number of phenolic OH excluding ortho intramolecular Hbond substituents is 1. The topological polar surface area (TPSA) is 102 Å². The molecule has 2 heterocycles. The summed E-state index contributed by atoms with van der Waals surface area (Å²) in [7, 11) is 0. The van der Waals surface area contributed by atoms with E-state index in [1.54, 1.807) is 13.8 Å². The van der Waals surface area contributed by atoms with Gasteiger partial charge in [-0.15, -0.1) is 0 Å². The number of allylic oxidation sites excluding steroid dienone is 5. The van der Waals surface area contributed by atoms with Gasteiger partial charge in [0, 0.05) is 17.2 Å². The Labute approximate surface area is 227 Å². The van der Waals surface area contributed by atoms with Crippen LogP contribution in [-0.2, 0) is 6.42 Å². The average Bonchev–Trinajstić information content (AvgIpc) is 2.79. The van der Waals surface area contributed by atoms with E-state index in [1.807, 2.05) is 45.9 Å². The summed E-state index contributed by atoms with van der Waals surface area (Å²) in [5, 5.41) is 21.5. The smallest absolute Gasteiger partial charge is 0.199 e. The van der Waals surface area contributed by atoms with Gasteiger partial charge in [-0.25, -0.2) is 0 Å². The maximum Gasteiger partial charge on any atom is 0.199 e. The molecule has 0 amide bonds. The van der Waals surface area contributed by atoms with Gasteiger partial charge in [0.2, 0.25) is 0 Å². The number of hydrogen-bond acceptors (Lipinski definition) is 6. The number of aliphatic hydroxyl groups is 1. The summed E-state index contributed by atoms with van der Waals surface area (Å²) in [4.78, 5) is 13.7. The molecule has 0 saturated heterocycles. The van der Waals surface area contributed by atoms with Crippen LogP contribution in [0.1, 0.15) is 96.1 Å². The second-order valence-corrected chi connectivity index (χ2v) is 12.1. The Morgan fingerprint density at radius 2 is 1.84 bits per heavy atom. The molecule has 0 aromatic heterocycles. The zero-order chi connectivity index (χ0) is 28.4. The van der Waals surface area contributed by atoms with Crippen molar-refractivity contribution in [2.75, 3.05) is 6.61 Å². The predicted molar refractivity (Wildman–Crippen MR) is 154 cm³/mol. The molecule has 3 rings (SSSR count). The van der Waals surface area contributed by atoms with Crippen LogP contribution in [0.3, 0.4) is 0 Å². The Bertz CT molecular complexity index is 1190. The van der Waals surface area contributed by atoms with E-state index in [0.29, 0.717) is 35.5 Å². The molecule has 0 fully saturated rings. The number of carbonyl (C=O) groups is 1. The Morgan fingerprint density at radius 1 is 1.18 bits per heavy atom. The van der Waals surface area contributed by atoms with E-state index in [0.717, 1.165) is 24.0 Å². The van der Waals surface area contributed by atoms with E-state index in [2.05, 4.69) is 26.0 Å². The highest BCUT2D eigenvalue weighted by molar-refractivity contribution is 6.14. The number of carbonyl (C=O) groups excluding carboxylic acids is 1. The number of aromatic hydroxyl groups is 1. The van der Waals surface area contributed by atoms with Crippen LogP contribution in [0, 0.1) is 5.92 Å². The lowest BCUT2D eigenvalue weighted by atomic mass is 9.86.